The zero-order valence-corrected chi connectivity index (χ0v) is 18.1. The van der Waals surface area contributed by atoms with Crippen LogP contribution in [0.25, 0.3) is 0 Å². The molecule has 1 aromatic heterocycles. The third kappa shape index (κ3) is 3.05. The van der Waals surface area contributed by atoms with Gasteiger partial charge in [0.1, 0.15) is 0 Å². The monoisotopic (exact) mass is 385 g/mol. The van der Waals surface area contributed by atoms with Gasteiger partial charge in [-0.25, -0.2) is 0 Å². The number of aromatic nitrogens is 3. The van der Waals surface area contributed by atoms with Crippen LogP contribution >= 0.6 is 0 Å². The number of hydrogen-bond donors (Lipinski definition) is 1. The molecule has 0 amide bonds. The molecule has 0 aliphatic heterocycles. The molecular formula is C24H39N3O. The molecule has 1 aromatic rings. The summed E-state index contributed by atoms with van der Waals surface area (Å²) in [5, 5.41) is 18.8. The third-order valence-corrected chi connectivity index (χ3v) is 9.94. The van der Waals surface area contributed by atoms with Crippen molar-refractivity contribution in [3.63, 3.8) is 0 Å². The molecule has 9 atom stereocenters. The molecule has 4 saturated carbocycles. The van der Waals surface area contributed by atoms with E-state index in [1.807, 2.05) is 10.9 Å². The fourth-order valence-electron chi connectivity index (χ4n) is 8.81. The molecule has 5 rings (SSSR count). The summed E-state index contributed by atoms with van der Waals surface area (Å²) < 4.78 is 2.03. The van der Waals surface area contributed by atoms with Gasteiger partial charge < -0.3 is 5.11 Å². The molecule has 1 N–H and O–H groups in total. The van der Waals surface area contributed by atoms with Crippen LogP contribution < -0.4 is 0 Å². The van der Waals surface area contributed by atoms with E-state index in [4.69, 9.17) is 0 Å². The van der Waals surface area contributed by atoms with Crippen molar-refractivity contribution in [2.24, 2.45) is 46.8 Å². The van der Waals surface area contributed by atoms with Crippen LogP contribution in [-0.2, 0) is 6.54 Å². The standard InChI is InChI=1S/C24H39N3O/c1-16(15-27-13-12-25-26-27)21-6-7-22-20-5-4-17-14-23(2,28)10-8-18(17)19(20)9-11-24(21,22)3/h12-13,16-22,28H,4-11,14-15H2,1-3H3/t16?,17-,18+,19-,20-,21-,22+,23-,24-/m1/s1. The summed E-state index contributed by atoms with van der Waals surface area (Å²) in [5.74, 6) is 6.01. The zero-order valence-electron chi connectivity index (χ0n) is 18.1. The Morgan fingerprint density at radius 1 is 1.04 bits per heavy atom. The third-order valence-electron chi connectivity index (χ3n) is 9.94. The van der Waals surface area contributed by atoms with Crippen molar-refractivity contribution in [3.05, 3.63) is 12.4 Å². The Bertz CT molecular complexity index is 686. The van der Waals surface area contributed by atoms with Gasteiger partial charge in [-0.05, 0) is 112 Å². The lowest BCUT2D eigenvalue weighted by molar-refractivity contribution is -0.103. The second-order valence-corrected chi connectivity index (χ2v) is 11.5. The van der Waals surface area contributed by atoms with Crippen LogP contribution in [0, 0.1) is 46.8 Å². The highest BCUT2D eigenvalue weighted by Crippen LogP contribution is 2.65. The van der Waals surface area contributed by atoms with E-state index in [0.717, 1.165) is 54.9 Å². The van der Waals surface area contributed by atoms with Crippen LogP contribution in [0.2, 0.25) is 0 Å². The maximum absolute atomic E-state index is 10.6. The van der Waals surface area contributed by atoms with Crippen LogP contribution in [0.1, 0.15) is 78.6 Å². The average molecular weight is 386 g/mol. The quantitative estimate of drug-likeness (QED) is 0.802. The summed E-state index contributed by atoms with van der Waals surface area (Å²) in [6.45, 7) is 8.18. The topological polar surface area (TPSA) is 50.9 Å². The summed E-state index contributed by atoms with van der Waals surface area (Å²) in [6.07, 6.45) is 15.7. The van der Waals surface area contributed by atoms with Gasteiger partial charge in [0, 0.05) is 12.7 Å². The highest BCUT2D eigenvalue weighted by molar-refractivity contribution is 5.07. The first-order valence-electron chi connectivity index (χ1n) is 11.9. The van der Waals surface area contributed by atoms with E-state index in [1.54, 1.807) is 6.20 Å². The predicted molar refractivity (Wildman–Crippen MR) is 110 cm³/mol. The Kier molecular flexibility index (Phi) is 4.65. The van der Waals surface area contributed by atoms with Crippen molar-refractivity contribution in [2.75, 3.05) is 0 Å². The number of rotatable bonds is 3. The highest BCUT2D eigenvalue weighted by atomic mass is 16.3. The first kappa shape index (κ1) is 19.1. The molecule has 1 heterocycles. The summed E-state index contributed by atoms with van der Waals surface area (Å²) in [5.41, 5.74) is 0.126. The molecule has 4 aliphatic rings. The van der Waals surface area contributed by atoms with Crippen molar-refractivity contribution in [1.82, 2.24) is 15.0 Å². The maximum Gasteiger partial charge on any atom is 0.0692 e. The fraction of sp³-hybridized carbons (Fsp3) is 0.917. The van der Waals surface area contributed by atoms with Gasteiger partial charge in [0.15, 0.2) is 0 Å². The Balaban J connectivity index is 1.31. The van der Waals surface area contributed by atoms with Gasteiger partial charge in [0.05, 0.1) is 11.8 Å². The fourth-order valence-corrected chi connectivity index (χ4v) is 8.81. The van der Waals surface area contributed by atoms with Gasteiger partial charge in [0.2, 0.25) is 0 Å². The molecule has 0 spiro atoms. The lowest BCUT2D eigenvalue weighted by Crippen LogP contribution is -2.51. The van der Waals surface area contributed by atoms with Crippen molar-refractivity contribution < 1.29 is 5.11 Å². The van der Waals surface area contributed by atoms with Crippen molar-refractivity contribution in [2.45, 2.75) is 90.7 Å². The summed E-state index contributed by atoms with van der Waals surface area (Å²) in [7, 11) is 0. The van der Waals surface area contributed by atoms with E-state index in [0.29, 0.717) is 11.3 Å². The van der Waals surface area contributed by atoms with Crippen LogP contribution in [0.3, 0.4) is 0 Å². The van der Waals surface area contributed by atoms with Crippen LogP contribution in [0.15, 0.2) is 12.4 Å². The van der Waals surface area contributed by atoms with Crippen LogP contribution in [0.4, 0.5) is 0 Å². The molecule has 28 heavy (non-hydrogen) atoms. The molecule has 4 nitrogen and oxygen atoms in total. The van der Waals surface area contributed by atoms with Crippen LogP contribution in [-0.4, -0.2) is 25.7 Å². The largest absolute Gasteiger partial charge is 0.390 e. The maximum atomic E-state index is 10.6. The Labute approximate surface area is 170 Å². The Morgan fingerprint density at radius 2 is 1.86 bits per heavy atom. The summed E-state index contributed by atoms with van der Waals surface area (Å²) >= 11 is 0. The SMILES string of the molecule is CC(Cn1ccnn1)[C@H]1CC[C@H]2[C@@H]3CC[C@@H]4C[C@](C)(O)CC[C@@H]4[C@H]3CC[C@]12C. The molecule has 0 aromatic carbocycles. The van der Waals surface area contributed by atoms with Crippen molar-refractivity contribution in [3.8, 4) is 0 Å². The lowest BCUT2D eigenvalue weighted by atomic mass is 9.48. The normalized spacial score (nSPS) is 49.1. The van der Waals surface area contributed by atoms with E-state index < -0.39 is 5.60 Å². The van der Waals surface area contributed by atoms with Crippen LogP contribution in [0.5, 0.6) is 0 Å². The van der Waals surface area contributed by atoms with E-state index in [2.05, 4.69) is 31.1 Å². The summed E-state index contributed by atoms with van der Waals surface area (Å²) in [6, 6.07) is 0. The molecule has 0 bridgehead atoms. The average Bonchev–Trinajstić information content (AvgIpc) is 3.27. The molecule has 4 heteroatoms. The van der Waals surface area contributed by atoms with Crippen molar-refractivity contribution >= 4 is 0 Å². The molecule has 4 aliphatic carbocycles. The number of aliphatic hydroxyl groups is 1. The first-order valence-corrected chi connectivity index (χ1v) is 11.9. The molecule has 0 saturated heterocycles. The van der Waals surface area contributed by atoms with Crippen molar-refractivity contribution in [1.29, 1.82) is 0 Å². The zero-order chi connectivity index (χ0) is 19.5. The second kappa shape index (κ2) is 6.82. The lowest BCUT2D eigenvalue weighted by Gasteiger charge is -2.57. The summed E-state index contributed by atoms with van der Waals surface area (Å²) in [4.78, 5) is 0. The Morgan fingerprint density at radius 3 is 2.64 bits per heavy atom. The van der Waals surface area contributed by atoms with Gasteiger partial charge in [0.25, 0.3) is 0 Å². The molecule has 0 radical (unpaired) electrons. The second-order valence-electron chi connectivity index (χ2n) is 11.5. The van der Waals surface area contributed by atoms with E-state index in [-0.39, 0.29) is 0 Å². The van der Waals surface area contributed by atoms with Gasteiger partial charge in [-0.15, -0.1) is 5.10 Å². The van der Waals surface area contributed by atoms with Gasteiger partial charge in [-0.2, -0.15) is 0 Å². The van der Waals surface area contributed by atoms with E-state index in [9.17, 15) is 5.11 Å². The number of hydrogen-bond acceptors (Lipinski definition) is 3. The minimum Gasteiger partial charge on any atom is -0.390 e. The first-order chi connectivity index (χ1) is 13.4. The highest BCUT2D eigenvalue weighted by Gasteiger charge is 2.58. The molecule has 156 valence electrons. The molecular weight excluding hydrogens is 346 g/mol. The minimum absolute atomic E-state index is 0.396. The van der Waals surface area contributed by atoms with E-state index in [1.165, 1.54) is 44.9 Å². The number of fused-ring (bicyclic) bond motifs is 5. The van der Waals surface area contributed by atoms with E-state index >= 15 is 0 Å². The minimum atomic E-state index is -0.396. The van der Waals surface area contributed by atoms with Gasteiger partial charge >= 0.3 is 0 Å². The van der Waals surface area contributed by atoms with Gasteiger partial charge in [-0.3, -0.25) is 4.68 Å². The van der Waals surface area contributed by atoms with Gasteiger partial charge in [-0.1, -0.05) is 19.1 Å². The molecule has 4 fully saturated rings. The smallest absolute Gasteiger partial charge is 0.0692 e. The molecule has 1 unspecified atom stereocenters. The number of nitrogens with zero attached hydrogens (tertiary/aromatic N) is 3. The predicted octanol–water partition coefficient (Wildman–Crippen LogP) is 4.93. The Hall–Kier alpha value is -0.900.